The number of hydrogen-bond acceptors (Lipinski definition) is 4. The highest BCUT2D eigenvalue weighted by molar-refractivity contribution is 5.80. The fourth-order valence-electron chi connectivity index (χ4n) is 2.20. The lowest BCUT2D eigenvalue weighted by Crippen LogP contribution is -2.51. The van der Waals surface area contributed by atoms with Crippen molar-refractivity contribution >= 4 is 5.97 Å². The van der Waals surface area contributed by atoms with E-state index < -0.39 is 5.54 Å². The second-order valence-corrected chi connectivity index (χ2v) is 5.74. The summed E-state index contributed by atoms with van der Waals surface area (Å²) >= 11 is 0. The molecule has 0 aliphatic heterocycles. The van der Waals surface area contributed by atoms with Gasteiger partial charge >= 0.3 is 5.97 Å². The Labute approximate surface area is 125 Å². The molecule has 0 amide bonds. The molecule has 0 fully saturated rings. The summed E-state index contributed by atoms with van der Waals surface area (Å²) in [4.78, 5) is 14.5. The molecule has 1 N–H and O–H groups in total. The SMILES string of the molecule is CCCCN(C)CCCC(C)(NCCC)C(=O)OCC. The monoisotopic (exact) mass is 286 g/mol. The molecule has 0 aromatic rings. The summed E-state index contributed by atoms with van der Waals surface area (Å²) in [5.41, 5.74) is -0.544. The molecule has 4 heteroatoms. The van der Waals surface area contributed by atoms with E-state index in [0.29, 0.717) is 6.61 Å². The van der Waals surface area contributed by atoms with Gasteiger partial charge in [-0.05, 0) is 66.2 Å². The molecule has 0 aliphatic carbocycles. The van der Waals surface area contributed by atoms with E-state index in [4.69, 9.17) is 4.74 Å². The fraction of sp³-hybridized carbons (Fsp3) is 0.938. The summed E-state index contributed by atoms with van der Waals surface area (Å²) in [7, 11) is 2.15. The highest BCUT2D eigenvalue weighted by Gasteiger charge is 2.33. The molecule has 4 nitrogen and oxygen atoms in total. The Bertz CT molecular complexity index is 259. The van der Waals surface area contributed by atoms with Crippen LogP contribution in [0.25, 0.3) is 0 Å². The number of carbonyl (C=O) groups is 1. The predicted octanol–water partition coefficient (Wildman–Crippen LogP) is 2.82. The molecule has 0 rings (SSSR count). The van der Waals surface area contributed by atoms with Crippen LogP contribution in [0.15, 0.2) is 0 Å². The lowest BCUT2D eigenvalue weighted by Gasteiger charge is -2.29. The van der Waals surface area contributed by atoms with Crippen LogP contribution in [0.3, 0.4) is 0 Å². The minimum Gasteiger partial charge on any atom is -0.465 e. The summed E-state index contributed by atoms with van der Waals surface area (Å²) in [5.74, 6) is -0.121. The van der Waals surface area contributed by atoms with E-state index in [2.05, 4.69) is 31.1 Å². The maximum absolute atomic E-state index is 12.1. The number of unbranched alkanes of at least 4 members (excludes halogenated alkanes) is 1. The lowest BCUT2D eigenvalue weighted by molar-refractivity contribution is -0.150. The summed E-state index contributed by atoms with van der Waals surface area (Å²) in [6, 6.07) is 0. The Morgan fingerprint density at radius 2 is 1.80 bits per heavy atom. The van der Waals surface area contributed by atoms with Crippen molar-refractivity contribution in [2.24, 2.45) is 0 Å². The van der Waals surface area contributed by atoms with Crippen molar-refractivity contribution < 1.29 is 9.53 Å². The first-order chi connectivity index (χ1) is 9.50. The molecule has 1 unspecified atom stereocenters. The number of esters is 1. The number of ether oxygens (including phenoxy) is 1. The van der Waals surface area contributed by atoms with Crippen LogP contribution in [0.5, 0.6) is 0 Å². The Hall–Kier alpha value is -0.610. The van der Waals surface area contributed by atoms with Crippen molar-refractivity contribution in [3.8, 4) is 0 Å². The van der Waals surface area contributed by atoms with E-state index >= 15 is 0 Å². The van der Waals surface area contributed by atoms with Gasteiger partial charge in [-0.2, -0.15) is 0 Å². The Morgan fingerprint density at radius 1 is 1.15 bits per heavy atom. The molecule has 0 saturated heterocycles. The molecule has 0 bridgehead atoms. The quantitative estimate of drug-likeness (QED) is 0.560. The van der Waals surface area contributed by atoms with Crippen LogP contribution in [0.2, 0.25) is 0 Å². The number of nitrogens with one attached hydrogen (secondary N) is 1. The largest absolute Gasteiger partial charge is 0.465 e. The van der Waals surface area contributed by atoms with Crippen molar-refractivity contribution in [3.63, 3.8) is 0 Å². The third kappa shape index (κ3) is 7.85. The van der Waals surface area contributed by atoms with E-state index in [1.807, 2.05) is 13.8 Å². The van der Waals surface area contributed by atoms with Crippen molar-refractivity contribution in [2.75, 3.05) is 33.3 Å². The van der Waals surface area contributed by atoms with E-state index in [0.717, 1.165) is 38.9 Å². The Balaban J connectivity index is 4.25. The molecule has 0 aromatic carbocycles. The van der Waals surface area contributed by atoms with E-state index in [9.17, 15) is 4.79 Å². The zero-order valence-corrected chi connectivity index (χ0v) is 14.1. The van der Waals surface area contributed by atoms with Gasteiger partial charge in [-0.3, -0.25) is 4.79 Å². The topological polar surface area (TPSA) is 41.6 Å². The number of nitrogens with zero attached hydrogens (tertiary/aromatic N) is 1. The zero-order chi connectivity index (χ0) is 15.4. The predicted molar refractivity (Wildman–Crippen MR) is 85.0 cm³/mol. The van der Waals surface area contributed by atoms with Gasteiger partial charge in [0, 0.05) is 0 Å². The zero-order valence-electron chi connectivity index (χ0n) is 14.1. The first kappa shape index (κ1) is 19.4. The smallest absolute Gasteiger partial charge is 0.326 e. The van der Waals surface area contributed by atoms with Gasteiger partial charge in [0.2, 0.25) is 0 Å². The molecule has 0 heterocycles. The minimum atomic E-state index is -0.544. The van der Waals surface area contributed by atoms with Crippen molar-refractivity contribution in [1.29, 1.82) is 0 Å². The third-order valence-corrected chi connectivity index (χ3v) is 3.60. The molecule has 0 aromatic heterocycles. The normalized spacial score (nSPS) is 14.3. The molecule has 0 radical (unpaired) electrons. The number of rotatable bonds is 12. The maximum atomic E-state index is 12.1. The van der Waals surface area contributed by atoms with Gasteiger partial charge in [-0.1, -0.05) is 20.3 Å². The second kappa shape index (κ2) is 11.1. The minimum absolute atomic E-state index is 0.121. The van der Waals surface area contributed by atoms with Gasteiger partial charge in [-0.15, -0.1) is 0 Å². The molecule has 0 spiro atoms. The van der Waals surface area contributed by atoms with Crippen molar-refractivity contribution in [3.05, 3.63) is 0 Å². The average molecular weight is 286 g/mol. The fourth-order valence-corrected chi connectivity index (χ4v) is 2.20. The first-order valence-corrected chi connectivity index (χ1v) is 8.11. The van der Waals surface area contributed by atoms with Crippen LogP contribution in [0, 0.1) is 0 Å². The van der Waals surface area contributed by atoms with E-state index in [1.165, 1.54) is 12.8 Å². The van der Waals surface area contributed by atoms with Crippen LogP contribution in [0.4, 0.5) is 0 Å². The Morgan fingerprint density at radius 3 is 2.35 bits per heavy atom. The second-order valence-electron chi connectivity index (χ2n) is 5.74. The number of carbonyl (C=O) groups excluding carboxylic acids is 1. The molecule has 1 atom stereocenters. The van der Waals surface area contributed by atoms with E-state index in [1.54, 1.807) is 0 Å². The third-order valence-electron chi connectivity index (χ3n) is 3.60. The van der Waals surface area contributed by atoms with Gasteiger partial charge < -0.3 is 15.0 Å². The molecule has 0 aliphatic rings. The first-order valence-electron chi connectivity index (χ1n) is 8.11. The summed E-state index contributed by atoms with van der Waals surface area (Å²) in [5, 5.41) is 3.35. The highest BCUT2D eigenvalue weighted by Crippen LogP contribution is 2.15. The summed E-state index contributed by atoms with van der Waals surface area (Å²) in [6.45, 7) is 11.6. The van der Waals surface area contributed by atoms with Gasteiger partial charge in [0.25, 0.3) is 0 Å². The average Bonchev–Trinajstić information content (AvgIpc) is 2.43. The molecular weight excluding hydrogens is 252 g/mol. The van der Waals surface area contributed by atoms with Crippen LogP contribution in [-0.4, -0.2) is 49.7 Å². The van der Waals surface area contributed by atoms with Crippen molar-refractivity contribution in [1.82, 2.24) is 10.2 Å². The van der Waals surface area contributed by atoms with Crippen LogP contribution in [0.1, 0.15) is 59.8 Å². The molecule has 120 valence electrons. The standard InChI is InChI=1S/C16H34N2O2/c1-6-9-13-18(5)14-10-11-16(4,17-12-7-2)15(19)20-8-3/h17H,6-14H2,1-5H3. The van der Waals surface area contributed by atoms with Crippen LogP contribution >= 0.6 is 0 Å². The molecular formula is C16H34N2O2. The van der Waals surface area contributed by atoms with Gasteiger partial charge in [-0.25, -0.2) is 0 Å². The van der Waals surface area contributed by atoms with Gasteiger partial charge in [0.1, 0.15) is 5.54 Å². The maximum Gasteiger partial charge on any atom is 0.326 e. The molecule has 20 heavy (non-hydrogen) atoms. The van der Waals surface area contributed by atoms with Gasteiger partial charge in [0.05, 0.1) is 6.61 Å². The molecule has 0 saturated carbocycles. The number of hydrogen-bond donors (Lipinski definition) is 1. The lowest BCUT2D eigenvalue weighted by atomic mass is 9.95. The van der Waals surface area contributed by atoms with Crippen molar-refractivity contribution in [2.45, 2.75) is 65.3 Å². The summed E-state index contributed by atoms with van der Waals surface area (Å²) < 4.78 is 5.21. The van der Waals surface area contributed by atoms with Crippen LogP contribution in [-0.2, 0) is 9.53 Å². The van der Waals surface area contributed by atoms with Gasteiger partial charge in [0.15, 0.2) is 0 Å². The van der Waals surface area contributed by atoms with E-state index in [-0.39, 0.29) is 5.97 Å². The highest BCUT2D eigenvalue weighted by atomic mass is 16.5. The van der Waals surface area contributed by atoms with Crippen LogP contribution < -0.4 is 5.32 Å². The summed E-state index contributed by atoms with van der Waals surface area (Å²) in [6.07, 6.45) is 5.31. The Kier molecular flexibility index (Phi) is 10.8.